The van der Waals surface area contributed by atoms with Crippen LogP contribution in [-0.2, 0) is 21.1 Å². The number of benzene rings is 1. The van der Waals surface area contributed by atoms with Gasteiger partial charge in [-0.15, -0.1) is 0 Å². The molecule has 0 spiro atoms. The third kappa shape index (κ3) is 3.19. The molecular weight excluding hydrogens is 248 g/mol. The van der Waals surface area contributed by atoms with Gasteiger partial charge >= 0.3 is 0 Å². The number of sulfone groups is 1. The molecule has 0 N–H and O–H groups in total. The van der Waals surface area contributed by atoms with Gasteiger partial charge < -0.3 is 0 Å². The Morgan fingerprint density at radius 1 is 1.17 bits per heavy atom. The first kappa shape index (κ1) is 13.3. The number of carbonyl (C=O) groups is 1. The Morgan fingerprint density at radius 3 is 2.39 bits per heavy atom. The standard InChI is InChI=1S/C14H18O3S/c1-18(16,17)13-8-6-11(7-9-13)10-12-4-2-3-5-14(12)15/h6-9,12H,2-5,10H2,1H3. The predicted octanol–water partition coefficient (Wildman–Crippen LogP) is 2.39. The van der Waals surface area contributed by atoms with Gasteiger partial charge in [0.1, 0.15) is 5.78 Å². The van der Waals surface area contributed by atoms with Crippen molar-refractivity contribution in [3.8, 4) is 0 Å². The van der Waals surface area contributed by atoms with E-state index in [0.29, 0.717) is 17.1 Å². The third-order valence-corrected chi connectivity index (χ3v) is 4.64. The largest absolute Gasteiger partial charge is 0.299 e. The first-order chi connectivity index (χ1) is 8.47. The molecule has 1 aliphatic carbocycles. The second-order valence-corrected chi connectivity index (χ2v) is 7.04. The smallest absolute Gasteiger partial charge is 0.175 e. The van der Waals surface area contributed by atoms with Crippen LogP contribution in [0.25, 0.3) is 0 Å². The molecule has 1 aliphatic rings. The second-order valence-electron chi connectivity index (χ2n) is 5.03. The molecule has 0 amide bonds. The summed E-state index contributed by atoms with van der Waals surface area (Å²) in [6.07, 6.45) is 5.74. The fourth-order valence-electron chi connectivity index (χ4n) is 2.43. The maximum absolute atomic E-state index is 11.7. The highest BCUT2D eigenvalue weighted by atomic mass is 32.2. The Kier molecular flexibility index (Phi) is 3.85. The van der Waals surface area contributed by atoms with Crippen molar-refractivity contribution in [2.24, 2.45) is 5.92 Å². The minimum absolute atomic E-state index is 0.128. The van der Waals surface area contributed by atoms with Gasteiger partial charge in [-0.25, -0.2) is 8.42 Å². The molecule has 1 fully saturated rings. The first-order valence-corrected chi connectivity index (χ1v) is 8.17. The summed E-state index contributed by atoms with van der Waals surface area (Å²) < 4.78 is 22.7. The summed E-state index contributed by atoms with van der Waals surface area (Å²) in [4.78, 5) is 12.1. The van der Waals surface area contributed by atoms with Crippen molar-refractivity contribution in [2.45, 2.75) is 37.0 Å². The van der Waals surface area contributed by atoms with E-state index in [0.717, 1.165) is 31.2 Å². The monoisotopic (exact) mass is 266 g/mol. The van der Waals surface area contributed by atoms with Crippen LogP contribution in [0.15, 0.2) is 29.2 Å². The van der Waals surface area contributed by atoms with Crippen LogP contribution >= 0.6 is 0 Å². The lowest BCUT2D eigenvalue weighted by Gasteiger charge is -2.20. The van der Waals surface area contributed by atoms with Gasteiger partial charge in [-0.05, 0) is 37.0 Å². The summed E-state index contributed by atoms with van der Waals surface area (Å²) in [6.45, 7) is 0. The van der Waals surface area contributed by atoms with Crippen LogP contribution in [0.3, 0.4) is 0 Å². The number of Topliss-reactive ketones (excluding diaryl/α,β-unsaturated/α-hetero) is 1. The molecule has 1 aromatic rings. The highest BCUT2D eigenvalue weighted by Gasteiger charge is 2.22. The minimum atomic E-state index is -3.13. The van der Waals surface area contributed by atoms with E-state index in [2.05, 4.69) is 0 Å². The summed E-state index contributed by atoms with van der Waals surface area (Å²) in [5.41, 5.74) is 1.04. The molecule has 0 heterocycles. The molecule has 0 aromatic heterocycles. The number of carbonyl (C=O) groups excluding carboxylic acids is 1. The molecule has 0 bridgehead atoms. The molecule has 1 atom stereocenters. The second kappa shape index (κ2) is 5.22. The van der Waals surface area contributed by atoms with E-state index < -0.39 is 9.84 Å². The van der Waals surface area contributed by atoms with Gasteiger partial charge in [0.05, 0.1) is 4.90 Å². The van der Waals surface area contributed by atoms with Crippen LogP contribution < -0.4 is 0 Å². The SMILES string of the molecule is CS(=O)(=O)c1ccc(CC2CCCCC2=O)cc1. The molecule has 0 aliphatic heterocycles. The maximum atomic E-state index is 11.7. The van der Waals surface area contributed by atoms with Gasteiger partial charge in [0.2, 0.25) is 0 Å². The molecule has 1 unspecified atom stereocenters. The number of rotatable bonds is 3. The van der Waals surface area contributed by atoms with E-state index >= 15 is 0 Å². The quantitative estimate of drug-likeness (QED) is 0.844. The zero-order chi connectivity index (χ0) is 13.2. The highest BCUT2D eigenvalue weighted by molar-refractivity contribution is 7.90. The summed E-state index contributed by atoms with van der Waals surface area (Å²) >= 11 is 0. The lowest BCUT2D eigenvalue weighted by atomic mass is 9.84. The molecule has 4 heteroatoms. The van der Waals surface area contributed by atoms with Crippen molar-refractivity contribution in [3.63, 3.8) is 0 Å². The van der Waals surface area contributed by atoms with E-state index in [1.54, 1.807) is 12.1 Å². The van der Waals surface area contributed by atoms with E-state index in [4.69, 9.17) is 0 Å². The Morgan fingerprint density at radius 2 is 1.83 bits per heavy atom. The zero-order valence-corrected chi connectivity index (χ0v) is 11.4. The number of hydrogen-bond donors (Lipinski definition) is 0. The van der Waals surface area contributed by atoms with Crippen LogP contribution in [0.5, 0.6) is 0 Å². The average Bonchev–Trinajstić information content (AvgIpc) is 2.32. The molecule has 18 heavy (non-hydrogen) atoms. The minimum Gasteiger partial charge on any atom is -0.299 e. The molecule has 1 saturated carbocycles. The Bertz CT molecular complexity index is 529. The van der Waals surface area contributed by atoms with Crippen LogP contribution in [0.2, 0.25) is 0 Å². The fraction of sp³-hybridized carbons (Fsp3) is 0.500. The zero-order valence-electron chi connectivity index (χ0n) is 10.6. The molecule has 2 rings (SSSR count). The molecule has 0 saturated heterocycles. The molecule has 1 aromatic carbocycles. The van der Waals surface area contributed by atoms with Crippen molar-refractivity contribution in [1.29, 1.82) is 0 Å². The highest BCUT2D eigenvalue weighted by Crippen LogP contribution is 2.24. The number of hydrogen-bond acceptors (Lipinski definition) is 3. The fourth-order valence-corrected chi connectivity index (χ4v) is 3.06. The van der Waals surface area contributed by atoms with Gasteiger partial charge in [-0.3, -0.25) is 4.79 Å². The van der Waals surface area contributed by atoms with Crippen LogP contribution in [0.1, 0.15) is 31.2 Å². The summed E-state index contributed by atoms with van der Waals surface area (Å²) in [6, 6.07) is 6.88. The van der Waals surface area contributed by atoms with E-state index in [9.17, 15) is 13.2 Å². The average molecular weight is 266 g/mol. The van der Waals surface area contributed by atoms with E-state index in [1.165, 1.54) is 6.26 Å². The third-order valence-electron chi connectivity index (χ3n) is 3.51. The van der Waals surface area contributed by atoms with Crippen molar-refractivity contribution in [3.05, 3.63) is 29.8 Å². The van der Waals surface area contributed by atoms with Gasteiger partial charge in [0, 0.05) is 18.6 Å². The maximum Gasteiger partial charge on any atom is 0.175 e. The Labute approximate surface area is 108 Å². The normalized spacial score (nSPS) is 20.9. The molecule has 3 nitrogen and oxygen atoms in total. The van der Waals surface area contributed by atoms with Gasteiger partial charge in [-0.1, -0.05) is 18.6 Å². The van der Waals surface area contributed by atoms with E-state index in [-0.39, 0.29) is 5.92 Å². The van der Waals surface area contributed by atoms with Crippen molar-refractivity contribution in [2.75, 3.05) is 6.26 Å². The first-order valence-electron chi connectivity index (χ1n) is 6.28. The van der Waals surface area contributed by atoms with Crippen LogP contribution in [0, 0.1) is 5.92 Å². The summed E-state index contributed by atoms with van der Waals surface area (Å²) in [5, 5.41) is 0. The predicted molar refractivity (Wildman–Crippen MR) is 70.2 cm³/mol. The topological polar surface area (TPSA) is 51.2 Å². The van der Waals surface area contributed by atoms with Gasteiger partial charge in [0.25, 0.3) is 0 Å². The molecule has 0 radical (unpaired) electrons. The summed E-state index contributed by atoms with van der Waals surface area (Å²) in [7, 11) is -3.13. The summed E-state index contributed by atoms with van der Waals surface area (Å²) in [5.74, 6) is 0.483. The lowest BCUT2D eigenvalue weighted by Crippen LogP contribution is -2.21. The van der Waals surface area contributed by atoms with E-state index in [1.807, 2.05) is 12.1 Å². The Balaban J connectivity index is 2.08. The van der Waals surface area contributed by atoms with Gasteiger partial charge in [0.15, 0.2) is 9.84 Å². The Hall–Kier alpha value is -1.16. The van der Waals surface area contributed by atoms with Gasteiger partial charge in [-0.2, -0.15) is 0 Å². The molecule has 98 valence electrons. The van der Waals surface area contributed by atoms with Crippen LogP contribution in [0.4, 0.5) is 0 Å². The van der Waals surface area contributed by atoms with Crippen molar-refractivity contribution < 1.29 is 13.2 Å². The number of ketones is 1. The van der Waals surface area contributed by atoms with Crippen LogP contribution in [-0.4, -0.2) is 20.5 Å². The van der Waals surface area contributed by atoms with Crippen molar-refractivity contribution in [1.82, 2.24) is 0 Å². The lowest BCUT2D eigenvalue weighted by molar-refractivity contribution is -0.124. The van der Waals surface area contributed by atoms with Crippen molar-refractivity contribution >= 4 is 15.6 Å². The molecular formula is C14H18O3S.